The molecule has 0 bridgehead atoms. The Balaban J connectivity index is 0.00000256. The van der Waals surface area contributed by atoms with E-state index in [1.165, 1.54) is 31.5 Å². The molecule has 0 aromatic heterocycles. The number of ether oxygens (including phenoxy) is 1. The number of hydrogen-bond donors (Lipinski definition) is 1. The molecule has 0 amide bonds. The van der Waals surface area contributed by atoms with Gasteiger partial charge in [-0.25, -0.2) is 0 Å². The van der Waals surface area contributed by atoms with E-state index in [1.54, 1.807) is 0 Å². The Kier molecular flexibility index (Phi) is 9.22. The van der Waals surface area contributed by atoms with Crippen molar-refractivity contribution in [2.75, 3.05) is 59.5 Å². The van der Waals surface area contributed by atoms with Crippen molar-refractivity contribution in [3.8, 4) is 0 Å². The first kappa shape index (κ1) is 23.8. The largest absolute Gasteiger partial charge is 0.373 e. The first-order chi connectivity index (χ1) is 14.2. The second-order valence-electron chi connectivity index (χ2n) is 8.86. The summed E-state index contributed by atoms with van der Waals surface area (Å²) in [7, 11) is 1.90. The second-order valence-corrected chi connectivity index (χ2v) is 8.86. The molecular formula is C23H38IN5O. The predicted molar refractivity (Wildman–Crippen MR) is 134 cm³/mol. The van der Waals surface area contributed by atoms with Gasteiger partial charge in [0, 0.05) is 52.9 Å². The van der Waals surface area contributed by atoms with Crippen LogP contribution in [-0.4, -0.2) is 92.3 Å². The minimum absolute atomic E-state index is 0. The Morgan fingerprint density at radius 3 is 2.77 bits per heavy atom. The van der Waals surface area contributed by atoms with E-state index >= 15 is 0 Å². The van der Waals surface area contributed by atoms with Crippen LogP contribution in [0.4, 0.5) is 0 Å². The van der Waals surface area contributed by atoms with Crippen LogP contribution < -0.4 is 5.32 Å². The van der Waals surface area contributed by atoms with Crippen LogP contribution in [0.1, 0.15) is 25.3 Å². The lowest BCUT2D eigenvalue weighted by molar-refractivity contribution is -0.0502. The maximum atomic E-state index is 6.13. The number of aliphatic imine (C=N–C) groups is 1. The summed E-state index contributed by atoms with van der Waals surface area (Å²) in [6.07, 6.45) is 2.98. The molecule has 168 valence electrons. The first-order valence-electron chi connectivity index (χ1n) is 11.3. The van der Waals surface area contributed by atoms with Gasteiger partial charge in [0.1, 0.15) is 0 Å². The predicted octanol–water partition coefficient (Wildman–Crippen LogP) is 2.50. The summed E-state index contributed by atoms with van der Waals surface area (Å²) >= 11 is 0. The number of likely N-dealkylation sites (tertiary alicyclic amines) is 2. The molecule has 3 heterocycles. The van der Waals surface area contributed by atoms with Crippen molar-refractivity contribution in [2.45, 2.75) is 38.5 Å². The van der Waals surface area contributed by atoms with E-state index in [0.29, 0.717) is 6.04 Å². The lowest BCUT2D eigenvalue weighted by Gasteiger charge is -2.36. The summed E-state index contributed by atoms with van der Waals surface area (Å²) in [5.41, 5.74) is 1.38. The van der Waals surface area contributed by atoms with Gasteiger partial charge in [0.15, 0.2) is 5.96 Å². The number of piperidine rings is 1. The third-order valence-electron chi connectivity index (χ3n) is 6.61. The molecule has 4 rings (SSSR count). The molecule has 3 aliphatic heterocycles. The smallest absolute Gasteiger partial charge is 0.193 e. The zero-order valence-electron chi connectivity index (χ0n) is 18.5. The maximum absolute atomic E-state index is 6.13. The summed E-state index contributed by atoms with van der Waals surface area (Å²) in [4.78, 5) is 12.1. The van der Waals surface area contributed by atoms with Crippen LogP contribution in [0.3, 0.4) is 0 Å². The molecule has 0 radical (unpaired) electrons. The Labute approximate surface area is 199 Å². The Morgan fingerprint density at radius 1 is 1.17 bits per heavy atom. The van der Waals surface area contributed by atoms with Gasteiger partial charge in [-0.1, -0.05) is 37.3 Å². The van der Waals surface area contributed by atoms with Crippen molar-refractivity contribution >= 4 is 29.9 Å². The molecule has 6 nitrogen and oxygen atoms in total. The molecule has 3 fully saturated rings. The normalized spacial score (nSPS) is 28.1. The third kappa shape index (κ3) is 6.08. The molecule has 0 spiro atoms. The molecule has 1 aromatic rings. The maximum Gasteiger partial charge on any atom is 0.193 e. The molecule has 3 aliphatic rings. The quantitative estimate of drug-likeness (QED) is 0.362. The average Bonchev–Trinajstić information content (AvgIpc) is 3.17. The molecule has 3 unspecified atom stereocenters. The summed E-state index contributed by atoms with van der Waals surface area (Å²) in [6, 6.07) is 11.2. The molecule has 0 aliphatic carbocycles. The van der Waals surface area contributed by atoms with Crippen molar-refractivity contribution in [1.82, 2.24) is 20.0 Å². The fourth-order valence-electron chi connectivity index (χ4n) is 5.09. The molecule has 1 aromatic carbocycles. The van der Waals surface area contributed by atoms with Gasteiger partial charge < -0.3 is 19.9 Å². The van der Waals surface area contributed by atoms with Gasteiger partial charge in [-0.3, -0.25) is 9.89 Å². The highest BCUT2D eigenvalue weighted by molar-refractivity contribution is 14.0. The van der Waals surface area contributed by atoms with Crippen LogP contribution in [-0.2, 0) is 11.3 Å². The minimum Gasteiger partial charge on any atom is -0.373 e. The van der Waals surface area contributed by atoms with Gasteiger partial charge >= 0.3 is 0 Å². The van der Waals surface area contributed by atoms with Crippen molar-refractivity contribution in [2.24, 2.45) is 10.9 Å². The highest BCUT2D eigenvalue weighted by Gasteiger charge is 2.41. The van der Waals surface area contributed by atoms with Gasteiger partial charge in [-0.05, 0) is 30.9 Å². The number of morpholine rings is 1. The monoisotopic (exact) mass is 527 g/mol. The number of nitrogens with one attached hydrogen (secondary N) is 1. The van der Waals surface area contributed by atoms with Crippen LogP contribution in [0.15, 0.2) is 35.3 Å². The van der Waals surface area contributed by atoms with E-state index in [2.05, 4.69) is 62.3 Å². The van der Waals surface area contributed by atoms with E-state index in [0.717, 1.165) is 57.8 Å². The number of hydrogen-bond acceptors (Lipinski definition) is 4. The van der Waals surface area contributed by atoms with Gasteiger partial charge in [-0.2, -0.15) is 0 Å². The molecule has 3 atom stereocenters. The van der Waals surface area contributed by atoms with E-state index < -0.39 is 0 Å². The summed E-state index contributed by atoms with van der Waals surface area (Å²) in [6.45, 7) is 11.6. The number of halogens is 1. The Bertz CT molecular complexity index is 673. The van der Waals surface area contributed by atoms with E-state index in [-0.39, 0.29) is 30.1 Å². The summed E-state index contributed by atoms with van der Waals surface area (Å²) in [5, 5.41) is 3.61. The highest BCUT2D eigenvalue weighted by atomic mass is 127. The molecular weight excluding hydrogens is 489 g/mol. The van der Waals surface area contributed by atoms with E-state index in [9.17, 15) is 0 Å². The van der Waals surface area contributed by atoms with Crippen LogP contribution >= 0.6 is 24.0 Å². The summed E-state index contributed by atoms with van der Waals surface area (Å²) in [5.74, 6) is 1.85. The lowest BCUT2D eigenvalue weighted by atomic mass is 10.0. The minimum atomic E-state index is 0. The molecule has 3 saturated heterocycles. The number of benzene rings is 1. The number of rotatable bonds is 5. The Morgan fingerprint density at radius 2 is 2.00 bits per heavy atom. The van der Waals surface area contributed by atoms with E-state index in [1.807, 2.05) is 7.05 Å². The number of nitrogens with zero attached hydrogens (tertiary/aromatic N) is 4. The van der Waals surface area contributed by atoms with Gasteiger partial charge in [0.25, 0.3) is 0 Å². The molecule has 0 saturated carbocycles. The molecule has 1 N–H and O–H groups in total. The SMILES string of the molecule is CN=C(NCCN1CCCC(C)C1)N1CC2OCCN(Cc3ccccc3)C2C1.I. The van der Waals surface area contributed by atoms with Crippen LogP contribution in [0.25, 0.3) is 0 Å². The molecule has 30 heavy (non-hydrogen) atoms. The lowest BCUT2D eigenvalue weighted by Crippen LogP contribution is -2.50. The van der Waals surface area contributed by atoms with Crippen LogP contribution in [0.5, 0.6) is 0 Å². The Hall–Kier alpha value is -0.900. The number of fused-ring (bicyclic) bond motifs is 1. The zero-order valence-corrected chi connectivity index (χ0v) is 20.8. The van der Waals surface area contributed by atoms with Crippen molar-refractivity contribution in [3.05, 3.63) is 35.9 Å². The third-order valence-corrected chi connectivity index (χ3v) is 6.61. The van der Waals surface area contributed by atoms with Crippen LogP contribution in [0.2, 0.25) is 0 Å². The van der Waals surface area contributed by atoms with Crippen molar-refractivity contribution in [3.63, 3.8) is 0 Å². The summed E-state index contributed by atoms with van der Waals surface area (Å²) < 4.78 is 6.13. The van der Waals surface area contributed by atoms with E-state index in [4.69, 9.17) is 4.74 Å². The second kappa shape index (κ2) is 11.6. The molecule has 7 heteroatoms. The standard InChI is InChI=1S/C23H37N5O.HI/c1-19-7-6-11-26(15-19)12-10-25-23(24-2)28-17-21-22(18-28)29-14-13-27(21)16-20-8-4-3-5-9-20;/h3-5,8-9,19,21-22H,6-7,10-18H2,1-2H3,(H,24,25);1H. The highest BCUT2D eigenvalue weighted by Crippen LogP contribution is 2.24. The van der Waals surface area contributed by atoms with Crippen molar-refractivity contribution < 1.29 is 4.74 Å². The fourth-order valence-corrected chi connectivity index (χ4v) is 5.09. The average molecular weight is 527 g/mol. The van der Waals surface area contributed by atoms with Crippen LogP contribution in [0, 0.1) is 5.92 Å². The van der Waals surface area contributed by atoms with Gasteiger partial charge in [0.05, 0.1) is 18.8 Å². The number of guanidine groups is 1. The first-order valence-corrected chi connectivity index (χ1v) is 11.3. The van der Waals surface area contributed by atoms with Gasteiger partial charge in [0.2, 0.25) is 0 Å². The van der Waals surface area contributed by atoms with Crippen molar-refractivity contribution in [1.29, 1.82) is 0 Å². The van der Waals surface area contributed by atoms with Gasteiger partial charge in [-0.15, -0.1) is 24.0 Å². The topological polar surface area (TPSA) is 43.3 Å². The zero-order chi connectivity index (χ0) is 20.1. The fraction of sp³-hybridized carbons (Fsp3) is 0.696.